The Labute approximate surface area is 253 Å². The molecule has 0 aromatic carbocycles. The van der Waals surface area contributed by atoms with E-state index in [1.54, 1.807) is 45.1 Å². The van der Waals surface area contributed by atoms with E-state index >= 15 is 0 Å². The number of aliphatic hydroxyl groups is 1. The number of ketones is 2. The molecule has 2 bridgehead atoms. The number of ether oxygens (including phenoxy) is 3. The normalized spacial score (nSPS) is 31.4. The third-order valence-electron chi connectivity index (χ3n) is 7.61. The van der Waals surface area contributed by atoms with Crippen molar-refractivity contribution in [2.75, 3.05) is 20.8 Å². The van der Waals surface area contributed by atoms with Gasteiger partial charge in [0.1, 0.15) is 6.10 Å². The summed E-state index contributed by atoms with van der Waals surface area (Å²) in [7, 11) is 2.92. The summed E-state index contributed by atoms with van der Waals surface area (Å²) in [5, 5.41) is 16.9. The quantitative estimate of drug-likeness (QED) is 0.265. The van der Waals surface area contributed by atoms with Crippen LogP contribution in [0.15, 0.2) is 70.6 Å². The topological polar surface area (TPSA) is 166 Å². The van der Waals surface area contributed by atoms with Crippen LogP contribution in [0, 0.1) is 11.8 Å². The minimum Gasteiger partial charge on any atom is -0.439 e. The van der Waals surface area contributed by atoms with Gasteiger partial charge >= 0.3 is 6.09 Å². The molecule has 0 aromatic heterocycles. The number of rotatable bonds is 6. The highest BCUT2D eigenvalue weighted by atomic mass is 16.6. The number of hydrogen-bond donors (Lipinski definition) is 4. The summed E-state index contributed by atoms with van der Waals surface area (Å²) in [4.78, 5) is 52.0. The van der Waals surface area contributed by atoms with Crippen LogP contribution in [0.3, 0.4) is 0 Å². The fourth-order valence-corrected chi connectivity index (χ4v) is 5.17. The number of hydrogen-bond acceptors (Lipinski definition) is 9. The number of amides is 2. The summed E-state index contributed by atoms with van der Waals surface area (Å²) in [6.07, 6.45) is 4.25. The molecule has 0 unspecified atom stereocenters. The van der Waals surface area contributed by atoms with Crippen molar-refractivity contribution < 1.29 is 38.5 Å². The van der Waals surface area contributed by atoms with Gasteiger partial charge in [-0.15, -0.1) is 6.58 Å². The number of carbonyl (C=O) groups excluding carboxylic acids is 4. The fourth-order valence-electron chi connectivity index (χ4n) is 5.17. The molecule has 236 valence electrons. The molecular formula is C32H45N3O8. The van der Waals surface area contributed by atoms with Crippen molar-refractivity contribution in [3.8, 4) is 0 Å². The summed E-state index contributed by atoms with van der Waals surface area (Å²) in [6, 6.07) is 0. The lowest BCUT2D eigenvalue weighted by Crippen LogP contribution is -2.39. The third-order valence-corrected chi connectivity index (χ3v) is 7.61. The number of nitrogens with one attached hydrogen (secondary N) is 2. The van der Waals surface area contributed by atoms with Gasteiger partial charge in [0.2, 0.25) is 11.6 Å². The van der Waals surface area contributed by atoms with E-state index < -0.39 is 53.9 Å². The Morgan fingerprint density at radius 3 is 2.42 bits per heavy atom. The van der Waals surface area contributed by atoms with Crippen molar-refractivity contribution in [3.05, 3.63) is 70.6 Å². The number of carbonyl (C=O) groups is 4. The van der Waals surface area contributed by atoms with Crippen LogP contribution in [0.25, 0.3) is 0 Å². The Balaban J connectivity index is 2.67. The summed E-state index contributed by atoms with van der Waals surface area (Å²) in [5.74, 6) is -2.08. The second-order valence-corrected chi connectivity index (χ2v) is 11.0. The van der Waals surface area contributed by atoms with E-state index in [0.717, 1.165) is 0 Å². The highest BCUT2D eigenvalue weighted by Gasteiger charge is 2.35. The van der Waals surface area contributed by atoms with Gasteiger partial charge in [0.25, 0.3) is 5.91 Å². The van der Waals surface area contributed by atoms with Crippen LogP contribution in [0.4, 0.5) is 4.79 Å². The van der Waals surface area contributed by atoms with E-state index in [4.69, 9.17) is 19.9 Å². The van der Waals surface area contributed by atoms with Crippen LogP contribution in [0.5, 0.6) is 0 Å². The fraction of sp³-hybridized carbons (Fsp3) is 0.500. The molecular weight excluding hydrogens is 554 g/mol. The van der Waals surface area contributed by atoms with E-state index in [0.29, 0.717) is 12.0 Å². The van der Waals surface area contributed by atoms with Crippen molar-refractivity contribution in [2.45, 2.75) is 71.9 Å². The molecule has 1 aliphatic heterocycles. The molecule has 2 rings (SSSR count). The van der Waals surface area contributed by atoms with Crippen LogP contribution in [0.2, 0.25) is 0 Å². The molecule has 2 aliphatic rings. The summed E-state index contributed by atoms with van der Waals surface area (Å²) < 4.78 is 16.6. The zero-order chi connectivity index (χ0) is 32.4. The standard InChI is InChI=1S/C32H45N3O8/c1-9-13-34-26-22-14-17(2)15-24(42-8)27(36)19(4)16-20(5)30(43-32(33)40)23(41-7)12-10-11-18(3)31(39)35-25(29(22)38)21(6)28(26)37/h9-12,16-17,19,23-24,27,30,34,36H,1,13-15H2,2-8H3,(H2,33,40)(H,35,39)/b12-10-,18-11+,20-16+/t17-,19+,23-,24+,27-,30+/m1/s1. The average molecular weight is 600 g/mol. The first-order chi connectivity index (χ1) is 20.3. The van der Waals surface area contributed by atoms with E-state index in [1.165, 1.54) is 27.2 Å². The number of allylic oxidation sites excluding steroid dienone is 4. The Morgan fingerprint density at radius 2 is 1.84 bits per heavy atom. The molecule has 0 fully saturated rings. The van der Waals surface area contributed by atoms with Crippen molar-refractivity contribution in [2.24, 2.45) is 17.6 Å². The molecule has 5 N–H and O–H groups in total. The predicted molar refractivity (Wildman–Crippen MR) is 162 cm³/mol. The van der Waals surface area contributed by atoms with Gasteiger partial charge in [-0.1, -0.05) is 44.2 Å². The zero-order valence-corrected chi connectivity index (χ0v) is 26.1. The van der Waals surface area contributed by atoms with Crippen LogP contribution >= 0.6 is 0 Å². The van der Waals surface area contributed by atoms with E-state index in [2.05, 4.69) is 17.2 Å². The van der Waals surface area contributed by atoms with Crippen molar-refractivity contribution >= 4 is 23.6 Å². The van der Waals surface area contributed by atoms with Gasteiger partial charge in [-0.05, 0) is 45.1 Å². The number of nitrogens with two attached hydrogens (primary N) is 1. The monoisotopic (exact) mass is 599 g/mol. The molecule has 0 spiro atoms. The second kappa shape index (κ2) is 16.2. The molecule has 0 saturated carbocycles. The van der Waals surface area contributed by atoms with Crippen molar-refractivity contribution in [3.63, 3.8) is 0 Å². The molecule has 43 heavy (non-hydrogen) atoms. The number of methoxy groups -OCH3 is 2. The first-order valence-corrected chi connectivity index (χ1v) is 14.2. The first-order valence-electron chi connectivity index (χ1n) is 14.2. The highest BCUT2D eigenvalue weighted by Crippen LogP contribution is 2.30. The SMILES string of the molecule is C=CCNC1=C2C[C@@H](C)C[C@H](OC)[C@H](O)[C@@H](C)/C=C(\C)[C@H](OC(N)=O)[C@H](OC)/C=C\C=C(/C)C(=O)NC(=C(C)C1=O)C2=O. The van der Waals surface area contributed by atoms with Gasteiger partial charge in [0, 0.05) is 43.4 Å². The molecule has 6 atom stereocenters. The van der Waals surface area contributed by atoms with Gasteiger partial charge in [0.05, 0.1) is 23.6 Å². The number of fused-ring (bicyclic) bond motifs is 2. The Kier molecular flexibility index (Phi) is 13.3. The van der Waals surface area contributed by atoms with E-state index in [9.17, 15) is 24.3 Å². The molecule has 2 amide bonds. The summed E-state index contributed by atoms with van der Waals surface area (Å²) in [5.41, 5.74) is 6.62. The summed E-state index contributed by atoms with van der Waals surface area (Å²) >= 11 is 0. The van der Waals surface area contributed by atoms with Gasteiger partial charge in [-0.3, -0.25) is 14.4 Å². The maximum Gasteiger partial charge on any atom is 0.405 e. The number of primary amides is 1. The van der Waals surface area contributed by atoms with Gasteiger partial charge in [0.15, 0.2) is 6.10 Å². The molecule has 0 radical (unpaired) electrons. The second-order valence-electron chi connectivity index (χ2n) is 11.0. The average Bonchev–Trinajstić information content (AvgIpc) is 2.96. The minimum atomic E-state index is -1.00. The largest absolute Gasteiger partial charge is 0.439 e. The van der Waals surface area contributed by atoms with Crippen molar-refractivity contribution in [1.29, 1.82) is 0 Å². The Hall–Kier alpha value is -3.80. The lowest BCUT2D eigenvalue weighted by atomic mass is 9.83. The molecule has 0 saturated heterocycles. The van der Waals surface area contributed by atoms with Gasteiger partial charge < -0.3 is 35.7 Å². The smallest absolute Gasteiger partial charge is 0.405 e. The molecule has 0 aromatic rings. The van der Waals surface area contributed by atoms with Crippen LogP contribution < -0.4 is 16.4 Å². The lowest BCUT2D eigenvalue weighted by molar-refractivity contribution is -0.120. The molecule has 1 heterocycles. The van der Waals surface area contributed by atoms with E-state index in [-0.39, 0.29) is 47.0 Å². The molecule has 11 nitrogen and oxygen atoms in total. The van der Waals surface area contributed by atoms with E-state index in [1.807, 2.05) is 6.92 Å². The van der Waals surface area contributed by atoms with Gasteiger partial charge in [-0.25, -0.2) is 4.79 Å². The Bertz CT molecular complexity index is 1260. The number of aliphatic hydroxyl groups excluding tert-OH is 1. The maximum absolute atomic E-state index is 13.8. The minimum absolute atomic E-state index is 0.0857. The first kappa shape index (κ1) is 35.4. The lowest BCUT2D eigenvalue weighted by Gasteiger charge is -2.30. The van der Waals surface area contributed by atoms with Crippen molar-refractivity contribution in [1.82, 2.24) is 10.6 Å². The van der Waals surface area contributed by atoms with Crippen LogP contribution in [-0.4, -0.2) is 73.9 Å². The predicted octanol–water partition coefficient (Wildman–Crippen LogP) is 2.93. The van der Waals surface area contributed by atoms with Crippen LogP contribution in [-0.2, 0) is 28.6 Å². The molecule has 11 heteroatoms. The Morgan fingerprint density at radius 1 is 1.16 bits per heavy atom. The zero-order valence-electron chi connectivity index (χ0n) is 26.1. The van der Waals surface area contributed by atoms with Crippen LogP contribution in [0.1, 0.15) is 47.5 Å². The third kappa shape index (κ3) is 9.09. The maximum atomic E-state index is 13.8. The molecule has 1 aliphatic carbocycles. The summed E-state index contributed by atoms with van der Waals surface area (Å²) in [6.45, 7) is 12.4. The number of Topliss-reactive ketones (excluding diaryl/α,β-unsaturated/α-hetero) is 2. The highest BCUT2D eigenvalue weighted by molar-refractivity contribution is 6.25. The van der Waals surface area contributed by atoms with Gasteiger partial charge in [-0.2, -0.15) is 0 Å².